The van der Waals surface area contributed by atoms with Crippen LogP contribution < -0.4 is 0 Å². The molecule has 0 spiro atoms. The van der Waals surface area contributed by atoms with Crippen LogP contribution in [0.2, 0.25) is 0 Å². The molecule has 4 heteroatoms. The predicted octanol–water partition coefficient (Wildman–Crippen LogP) is 1.87. The molecule has 3 nitrogen and oxygen atoms in total. The second-order valence-electron chi connectivity index (χ2n) is 2.87. The normalized spacial score (nSPS) is 14.2. The monoisotopic (exact) mass is 192 g/mol. The Balaban J connectivity index is 3.80. The van der Waals surface area contributed by atoms with Crippen LogP contribution in [0.1, 0.15) is 26.2 Å². The lowest BCUT2D eigenvalue weighted by Gasteiger charge is -2.09. The predicted molar refractivity (Wildman–Crippen MR) is 49.6 cm³/mol. The third kappa shape index (κ3) is 6.37. The highest BCUT2D eigenvalue weighted by atomic mass is 32.2. The van der Waals surface area contributed by atoms with Crippen molar-refractivity contribution in [1.82, 2.24) is 0 Å². The first-order chi connectivity index (χ1) is 5.49. The summed E-state index contributed by atoms with van der Waals surface area (Å²) in [6, 6.07) is 0. The number of rotatable bonds is 6. The molecule has 0 saturated heterocycles. The van der Waals surface area contributed by atoms with Crippen LogP contribution in [0.25, 0.3) is 0 Å². The maximum absolute atomic E-state index is 10.4. The van der Waals surface area contributed by atoms with Crippen LogP contribution in [-0.2, 0) is 10.1 Å². The highest BCUT2D eigenvalue weighted by molar-refractivity contribution is 7.85. The van der Waals surface area contributed by atoms with Gasteiger partial charge in [-0.25, -0.2) is 0 Å². The summed E-state index contributed by atoms with van der Waals surface area (Å²) in [7, 11) is -3.78. The van der Waals surface area contributed by atoms with E-state index in [2.05, 4.69) is 6.58 Å². The first-order valence-electron chi connectivity index (χ1n) is 4.05. The van der Waals surface area contributed by atoms with Gasteiger partial charge in [0.05, 0.1) is 5.75 Å². The second-order valence-corrected chi connectivity index (χ2v) is 4.45. The van der Waals surface area contributed by atoms with Crippen LogP contribution in [0.5, 0.6) is 0 Å². The summed E-state index contributed by atoms with van der Waals surface area (Å²) in [6.07, 6.45) is 4.02. The van der Waals surface area contributed by atoms with Crippen LogP contribution in [0.15, 0.2) is 12.7 Å². The Kier molecular flexibility index (Phi) is 5.17. The van der Waals surface area contributed by atoms with Gasteiger partial charge in [-0.05, 0) is 18.8 Å². The molecule has 0 aliphatic heterocycles. The fourth-order valence-electron chi connectivity index (χ4n) is 1.04. The third-order valence-corrected chi connectivity index (χ3v) is 2.61. The Bertz CT molecular complexity index is 218. The van der Waals surface area contributed by atoms with Crippen molar-refractivity contribution in [2.45, 2.75) is 26.2 Å². The number of allylic oxidation sites excluding steroid dienone is 1. The van der Waals surface area contributed by atoms with Gasteiger partial charge in [0.1, 0.15) is 0 Å². The van der Waals surface area contributed by atoms with Crippen LogP contribution in [-0.4, -0.2) is 18.7 Å². The molecular weight excluding hydrogens is 176 g/mol. The zero-order valence-corrected chi connectivity index (χ0v) is 8.18. The van der Waals surface area contributed by atoms with Crippen molar-refractivity contribution in [3.63, 3.8) is 0 Å². The Morgan fingerprint density at radius 3 is 2.50 bits per heavy atom. The van der Waals surface area contributed by atoms with E-state index in [9.17, 15) is 8.42 Å². The van der Waals surface area contributed by atoms with Gasteiger partial charge in [-0.3, -0.25) is 4.55 Å². The van der Waals surface area contributed by atoms with Gasteiger partial charge in [-0.15, -0.1) is 6.58 Å². The summed E-state index contributed by atoms with van der Waals surface area (Å²) in [5, 5.41) is 0. The lowest BCUT2D eigenvalue weighted by Crippen LogP contribution is -2.09. The summed E-state index contributed by atoms with van der Waals surface area (Å²) in [5.41, 5.74) is 0. The average molecular weight is 192 g/mol. The molecule has 0 saturated carbocycles. The number of hydrogen-bond donors (Lipinski definition) is 1. The molecule has 0 aliphatic rings. The molecule has 0 aromatic rings. The van der Waals surface area contributed by atoms with Crippen LogP contribution >= 0.6 is 0 Å². The fourth-order valence-corrected chi connectivity index (χ4v) is 1.67. The summed E-state index contributed by atoms with van der Waals surface area (Å²) in [4.78, 5) is 0. The summed E-state index contributed by atoms with van der Waals surface area (Å²) in [6.45, 7) is 5.58. The highest BCUT2D eigenvalue weighted by Crippen LogP contribution is 2.13. The summed E-state index contributed by atoms with van der Waals surface area (Å²) >= 11 is 0. The third-order valence-electron chi connectivity index (χ3n) is 1.86. The molecular formula is C8H16O3S. The summed E-state index contributed by atoms with van der Waals surface area (Å²) < 4.78 is 29.2. The van der Waals surface area contributed by atoms with E-state index in [1.807, 2.05) is 6.92 Å². The first-order valence-corrected chi connectivity index (χ1v) is 5.66. The quantitative estimate of drug-likeness (QED) is 0.516. The lowest BCUT2D eigenvalue weighted by molar-refractivity contribution is 0.456. The Hall–Kier alpha value is -0.350. The van der Waals surface area contributed by atoms with Gasteiger partial charge in [0.2, 0.25) is 0 Å². The molecule has 1 N–H and O–H groups in total. The molecule has 0 rings (SSSR count). The van der Waals surface area contributed by atoms with E-state index in [1.54, 1.807) is 6.08 Å². The molecule has 0 heterocycles. The molecule has 0 radical (unpaired) electrons. The maximum atomic E-state index is 10.4. The second kappa shape index (κ2) is 5.32. The SMILES string of the molecule is C=CCC(CC)CCS(=O)(=O)O. The van der Waals surface area contributed by atoms with Gasteiger partial charge >= 0.3 is 0 Å². The van der Waals surface area contributed by atoms with Crippen LogP contribution in [0.3, 0.4) is 0 Å². The first kappa shape index (κ1) is 11.6. The molecule has 0 aromatic carbocycles. The van der Waals surface area contributed by atoms with Gasteiger partial charge in [-0.2, -0.15) is 8.42 Å². The molecule has 72 valence electrons. The smallest absolute Gasteiger partial charge is 0.264 e. The van der Waals surface area contributed by atoms with Gasteiger partial charge in [0.25, 0.3) is 10.1 Å². The van der Waals surface area contributed by atoms with E-state index in [1.165, 1.54) is 0 Å². The molecule has 0 fully saturated rings. The van der Waals surface area contributed by atoms with Crippen molar-refractivity contribution in [1.29, 1.82) is 0 Å². The molecule has 0 aliphatic carbocycles. The van der Waals surface area contributed by atoms with E-state index in [0.29, 0.717) is 12.3 Å². The minimum Gasteiger partial charge on any atom is -0.286 e. The zero-order chi connectivity index (χ0) is 9.61. The molecule has 0 amide bonds. The molecule has 12 heavy (non-hydrogen) atoms. The molecule has 1 atom stereocenters. The zero-order valence-electron chi connectivity index (χ0n) is 7.36. The van der Waals surface area contributed by atoms with E-state index >= 15 is 0 Å². The maximum Gasteiger partial charge on any atom is 0.264 e. The Morgan fingerprint density at radius 2 is 2.17 bits per heavy atom. The topological polar surface area (TPSA) is 54.4 Å². The van der Waals surface area contributed by atoms with Gasteiger partial charge in [0.15, 0.2) is 0 Å². The lowest BCUT2D eigenvalue weighted by atomic mass is 10.00. The highest BCUT2D eigenvalue weighted by Gasteiger charge is 2.10. The largest absolute Gasteiger partial charge is 0.286 e. The molecule has 0 aromatic heterocycles. The van der Waals surface area contributed by atoms with Gasteiger partial charge < -0.3 is 0 Å². The van der Waals surface area contributed by atoms with Crippen molar-refractivity contribution < 1.29 is 13.0 Å². The minimum atomic E-state index is -3.78. The van der Waals surface area contributed by atoms with E-state index in [4.69, 9.17) is 4.55 Å². The Labute approximate surface area is 74.2 Å². The van der Waals surface area contributed by atoms with Crippen LogP contribution in [0, 0.1) is 5.92 Å². The average Bonchev–Trinajstić information content (AvgIpc) is 1.96. The van der Waals surface area contributed by atoms with Crippen LogP contribution in [0.4, 0.5) is 0 Å². The Morgan fingerprint density at radius 1 is 1.58 bits per heavy atom. The fraction of sp³-hybridized carbons (Fsp3) is 0.750. The van der Waals surface area contributed by atoms with Gasteiger partial charge in [0, 0.05) is 0 Å². The molecule has 0 bridgehead atoms. The van der Waals surface area contributed by atoms with E-state index in [-0.39, 0.29) is 5.75 Å². The van der Waals surface area contributed by atoms with Crippen molar-refractivity contribution in [3.8, 4) is 0 Å². The van der Waals surface area contributed by atoms with Crippen molar-refractivity contribution >= 4 is 10.1 Å². The summed E-state index contributed by atoms with van der Waals surface area (Å²) in [5.74, 6) is 0.184. The van der Waals surface area contributed by atoms with Gasteiger partial charge in [-0.1, -0.05) is 19.4 Å². The minimum absolute atomic E-state index is 0.140. The van der Waals surface area contributed by atoms with E-state index < -0.39 is 10.1 Å². The standard InChI is InChI=1S/C8H16O3S/c1-3-5-8(4-2)6-7-12(9,10)11/h3,8H,1,4-7H2,2H3,(H,9,10,11). The van der Waals surface area contributed by atoms with E-state index in [0.717, 1.165) is 12.8 Å². The van der Waals surface area contributed by atoms with Crippen molar-refractivity contribution in [3.05, 3.63) is 12.7 Å². The molecule has 1 unspecified atom stereocenters. The number of hydrogen-bond acceptors (Lipinski definition) is 2. The van der Waals surface area contributed by atoms with Crippen molar-refractivity contribution in [2.24, 2.45) is 5.92 Å². The van der Waals surface area contributed by atoms with Crippen molar-refractivity contribution in [2.75, 3.05) is 5.75 Å².